The van der Waals surface area contributed by atoms with Crippen LogP contribution in [0.2, 0.25) is 0 Å². The Morgan fingerprint density at radius 3 is 2.69 bits per heavy atom. The van der Waals surface area contributed by atoms with Gasteiger partial charge >= 0.3 is 0 Å². The predicted molar refractivity (Wildman–Crippen MR) is 111 cm³/mol. The molecule has 6 heteroatoms. The van der Waals surface area contributed by atoms with E-state index in [0.29, 0.717) is 24.4 Å². The third kappa shape index (κ3) is 3.92. The fourth-order valence-corrected chi connectivity index (χ4v) is 3.73. The van der Waals surface area contributed by atoms with E-state index in [-0.39, 0.29) is 11.7 Å². The van der Waals surface area contributed by atoms with Crippen molar-refractivity contribution in [2.24, 2.45) is 0 Å². The zero-order chi connectivity index (χ0) is 20.4. The molecule has 1 aromatic heterocycles. The van der Waals surface area contributed by atoms with Crippen LogP contribution in [-0.2, 0) is 6.42 Å². The molecular weight excluding hydrogens is 366 g/mol. The maximum atomic E-state index is 12.7. The van der Waals surface area contributed by atoms with E-state index in [9.17, 15) is 4.79 Å². The van der Waals surface area contributed by atoms with Crippen LogP contribution >= 0.6 is 0 Å². The Morgan fingerprint density at radius 1 is 1.07 bits per heavy atom. The predicted octanol–water partition coefficient (Wildman–Crippen LogP) is 4.46. The van der Waals surface area contributed by atoms with Gasteiger partial charge in [0.05, 0.1) is 25.5 Å². The zero-order valence-electron chi connectivity index (χ0n) is 16.7. The Balaban J connectivity index is 1.63. The van der Waals surface area contributed by atoms with Crippen molar-refractivity contribution in [1.82, 2.24) is 9.97 Å². The van der Waals surface area contributed by atoms with E-state index >= 15 is 0 Å². The zero-order valence-corrected chi connectivity index (χ0v) is 16.7. The van der Waals surface area contributed by atoms with Crippen molar-refractivity contribution in [2.45, 2.75) is 25.7 Å². The summed E-state index contributed by atoms with van der Waals surface area (Å²) in [6.07, 6.45) is 2.68. The van der Waals surface area contributed by atoms with Gasteiger partial charge in [0, 0.05) is 30.3 Å². The van der Waals surface area contributed by atoms with Crippen molar-refractivity contribution in [3.63, 3.8) is 0 Å². The van der Waals surface area contributed by atoms with Gasteiger partial charge in [0.2, 0.25) is 5.95 Å². The fraction of sp³-hybridized carbons (Fsp3) is 0.261. The molecule has 1 aliphatic carbocycles. The molecule has 148 valence electrons. The van der Waals surface area contributed by atoms with Crippen LogP contribution in [0.25, 0.3) is 0 Å². The maximum absolute atomic E-state index is 12.7. The quantitative estimate of drug-likeness (QED) is 0.695. The first-order chi connectivity index (χ1) is 14.1. The van der Waals surface area contributed by atoms with Crippen molar-refractivity contribution in [3.8, 4) is 11.5 Å². The van der Waals surface area contributed by atoms with Crippen molar-refractivity contribution in [2.75, 3.05) is 19.5 Å². The molecular formula is C23H23N3O3. The lowest BCUT2D eigenvalue weighted by molar-refractivity contribution is 0.0962. The summed E-state index contributed by atoms with van der Waals surface area (Å²) in [5.74, 6) is 1.98. The van der Waals surface area contributed by atoms with Crippen molar-refractivity contribution in [3.05, 3.63) is 71.0 Å². The second-order valence-electron chi connectivity index (χ2n) is 7.18. The summed E-state index contributed by atoms with van der Waals surface area (Å²) in [6.45, 7) is 2.03. The molecule has 0 fully saturated rings. The minimum absolute atomic E-state index is 0.00224. The second kappa shape index (κ2) is 7.91. The molecule has 0 saturated carbocycles. The Kier molecular flexibility index (Phi) is 5.16. The Labute approximate surface area is 169 Å². The number of methoxy groups -OCH3 is 2. The minimum atomic E-state index is -0.00224. The summed E-state index contributed by atoms with van der Waals surface area (Å²) in [5.41, 5.74) is 4.41. The number of aromatic nitrogens is 2. The molecule has 1 aliphatic rings. The topological polar surface area (TPSA) is 73.3 Å². The van der Waals surface area contributed by atoms with Gasteiger partial charge in [-0.1, -0.05) is 18.2 Å². The number of nitrogens with zero attached hydrogens (tertiary/aromatic N) is 2. The monoisotopic (exact) mass is 389 g/mol. The highest BCUT2D eigenvalue weighted by molar-refractivity contribution is 5.98. The van der Waals surface area contributed by atoms with E-state index in [1.165, 1.54) is 0 Å². The fourth-order valence-electron chi connectivity index (χ4n) is 3.73. The molecule has 1 N–H and O–H groups in total. The van der Waals surface area contributed by atoms with Crippen LogP contribution in [0.5, 0.6) is 11.5 Å². The van der Waals surface area contributed by atoms with Gasteiger partial charge in [-0.2, -0.15) is 0 Å². The van der Waals surface area contributed by atoms with Gasteiger partial charge in [0.15, 0.2) is 5.78 Å². The number of rotatable bonds is 5. The summed E-state index contributed by atoms with van der Waals surface area (Å²) in [6, 6.07) is 13.7. The first-order valence-electron chi connectivity index (χ1n) is 9.52. The molecule has 1 atom stereocenters. The Hall–Kier alpha value is -3.41. The molecule has 4 rings (SSSR count). The minimum Gasteiger partial charge on any atom is -0.497 e. The standard InChI is InChI=1S/C23H23N3O3/c1-14-5-4-6-16(9-14)25-23-24-13-19-20(26-23)10-15(11-21(19)27)18-8-7-17(28-2)12-22(18)29-3/h4-9,12-13,15H,10-11H2,1-3H3,(H,24,25,26)/t15-/m0/s1. The number of aryl methyl sites for hydroxylation is 1. The largest absolute Gasteiger partial charge is 0.497 e. The summed E-state index contributed by atoms with van der Waals surface area (Å²) >= 11 is 0. The molecule has 0 aliphatic heterocycles. The van der Waals surface area contributed by atoms with Crippen molar-refractivity contribution in [1.29, 1.82) is 0 Å². The SMILES string of the molecule is COc1ccc([C@@H]2CC(=O)c3cnc(Nc4cccc(C)c4)nc3C2)c(OC)c1. The van der Waals surface area contributed by atoms with Gasteiger partial charge in [-0.25, -0.2) is 9.97 Å². The molecule has 1 heterocycles. The number of benzene rings is 2. The van der Waals surface area contributed by atoms with E-state index in [1.54, 1.807) is 20.4 Å². The highest BCUT2D eigenvalue weighted by atomic mass is 16.5. The molecule has 0 spiro atoms. The Morgan fingerprint density at radius 2 is 1.93 bits per heavy atom. The number of anilines is 2. The first-order valence-corrected chi connectivity index (χ1v) is 9.52. The van der Waals surface area contributed by atoms with Crippen LogP contribution in [0.15, 0.2) is 48.7 Å². The lowest BCUT2D eigenvalue weighted by atomic mass is 9.82. The van der Waals surface area contributed by atoms with Gasteiger partial charge in [-0.15, -0.1) is 0 Å². The Bertz CT molecular complexity index is 1060. The molecule has 0 saturated heterocycles. The van der Waals surface area contributed by atoms with E-state index < -0.39 is 0 Å². The highest BCUT2D eigenvalue weighted by Gasteiger charge is 2.30. The molecule has 0 bridgehead atoms. The van der Waals surface area contributed by atoms with Gasteiger partial charge in [0.25, 0.3) is 0 Å². The van der Waals surface area contributed by atoms with Crippen LogP contribution in [0.4, 0.5) is 11.6 Å². The van der Waals surface area contributed by atoms with E-state index in [1.807, 2.05) is 49.4 Å². The smallest absolute Gasteiger partial charge is 0.227 e. The third-order valence-electron chi connectivity index (χ3n) is 5.19. The molecule has 0 radical (unpaired) electrons. The lowest BCUT2D eigenvalue weighted by Gasteiger charge is -2.25. The van der Waals surface area contributed by atoms with Gasteiger partial charge in [0.1, 0.15) is 11.5 Å². The number of fused-ring (bicyclic) bond motifs is 1. The normalized spacial score (nSPS) is 15.6. The molecule has 3 aromatic rings. The third-order valence-corrected chi connectivity index (χ3v) is 5.19. The van der Waals surface area contributed by atoms with Gasteiger partial charge < -0.3 is 14.8 Å². The van der Waals surface area contributed by atoms with Crippen LogP contribution < -0.4 is 14.8 Å². The van der Waals surface area contributed by atoms with Crippen molar-refractivity contribution < 1.29 is 14.3 Å². The van der Waals surface area contributed by atoms with E-state index in [2.05, 4.69) is 15.3 Å². The van der Waals surface area contributed by atoms with Crippen LogP contribution in [0.3, 0.4) is 0 Å². The highest BCUT2D eigenvalue weighted by Crippen LogP contribution is 2.38. The first kappa shape index (κ1) is 18.9. The summed E-state index contributed by atoms with van der Waals surface area (Å²) in [7, 11) is 3.25. The van der Waals surface area contributed by atoms with E-state index in [0.717, 1.165) is 34.0 Å². The molecule has 0 amide bonds. The lowest BCUT2D eigenvalue weighted by Crippen LogP contribution is -2.21. The number of ketones is 1. The number of carbonyl (C=O) groups is 1. The molecule has 6 nitrogen and oxygen atoms in total. The number of Topliss-reactive ketones (excluding diaryl/α,β-unsaturated/α-hetero) is 1. The van der Waals surface area contributed by atoms with Crippen LogP contribution in [0.1, 0.15) is 39.5 Å². The number of nitrogens with one attached hydrogen (secondary N) is 1. The average Bonchev–Trinajstić information content (AvgIpc) is 2.73. The average molecular weight is 389 g/mol. The maximum Gasteiger partial charge on any atom is 0.227 e. The number of hydrogen-bond acceptors (Lipinski definition) is 6. The van der Waals surface area contributed by atoms with Crippen LogP contribution in [-0.4, -0.2) is 30.0 Å². The van der Waals surface area contributed by atoms with Crippen LogP contribution in [0, 0.1) is 6.92 Å². The van der Waals surface area contributed by atoms with Gasteiger partial charge in [-0.3, -0.25) is 4.79 Å². The van der Waals surface area contributed by atoms with E-state index in [4.69, 9.17) is 9.47 Å². The number of hydrogen-bond donors (Lipinski definition) is 1. The molecule has 0 unspecified atom stereocenters. The molecule has 29 heavy (non-hydrogen) atoms. The molecule has 2 aromatic carbocycles. The van der Waals surface area contributed by atoms with Gasteiger partial charge in [-0.05, 0) is 42.7 Å². The second-order valence-corrected chi connectivity index (χ2v) is 7.18. The summed E-state index contributed by atoms with van der Waals surface area (Å²) in [5, 5.41) is 3.23. The summed E-state index contributed by atoms with van der Waals surface area (Å²) < 4.78 is 10.8. The number of ether oxygens (including phenoxy) is 2. The van der Waals surface area contributed by atoms with Crippen molar-refractivity contribution >= 4 is 17.4 Å². The number of carbonyl (C=O) groups excluding carboxylic acids is 1. The summed E-state index contributed by atoms with van der Waals surface area (Å²) in [4.78, 5) is 21.7.